The Balaban J connectivity index is 2.27. The fourth-order valence-electron chi connectivity index (χ4n) is 1.85. The van der Waals surface area contributed by atoms with Crippen molar-refractivity contribution in [3.05, 3.63) is 22.7 Å². The van der Waals surface area contributed by atoms with Gasteiger partial charge in [-0.15, -0.1) is 0 Å². The number of carbonyl (C=O) groups is 1. The van der Waals surface area contributed by atoms with E-state index in [9.17, 15) is 4.79 Å². The summed E-state index contributed by atoms with van der Waals surface area (Å²) < 4.78 is 9.90. The lowest BCUT2D eigenvalue weighted by molar-refractivity contribution is 0.0593. The fourth-order valence-corrected chi connectivity index (χ4v) is 2.04. The molecule has 1 fully saturated rings. The Labute approximate surface area is 104 Å². The number of hydrogen-bond donors (Lipinski definition) is 0. The molecule has 1 saturated heterocycles. The molecule has 0 aromatic carbocycles. The van der Waals surface area contributed by atoms with E-state index in [1.165, 1.54) is 7.11 Å². The van der Waals surface area contributed by atoms with E-state index in [4.69, 9.17) is 16.3 Å². The maximum absolute atomic E-state index is 11.4. The van der Waals surface area contributed by atoms with Gasteiger partial charge < -0.3 is 9.47 Å². The van der Waals surface area contributed by atoms with Gasteiger partial charge in [-0.25, -0.2) is 14.8 Å². The number of aromatic nitrogens is 2. The summed E-state index contributed by atoms with van der Waals surface area (Å²) in [6.45, 7) is 1.42. The normalized spacial score (nSPS) is 16.8. The summed E-state index contributed by atoms with van der Waals surface area (Å²) in [5.41, 5.74) is 0.989. The van der Waals surface area contributed by atoms with Crippen molar-refractivity contribution >= 4 is 17.6 Å². The molecule has 0 unspecified atom stereocenters. The van der Waals surface area contributed by atoms with E-state index in [1.807, 2.05) is 0 Å². The monoisotopic (exact) mass is 256 g/mol. The van der Waals surface area contributed by atoms with Gasteiger partial charge in [0.2, 0.25) is 5.28 Å². The van der Waals surface area contributed by atoms with Crippen molar-refractivity contribution in [2.45, 2.75) is 18.8 Å². The van der Waals surface area contributed by atoms with E-state index in [2.05, 4.69) is 14.7 Å². The number of rotatable bonds is 2. The van der Waals surface area contributed by atoms with Gasteiger partial charge in [-0.2, -0.15) is 0 Å². The van der Waals surface area contributed by atoms with Crippen LogP contribution in [-0.4, -0.2) is 36.3 Å². The first-order chi connectivity index (χ1) is 8.20. The smallest absolute Gasteiger partial charge is 0.356 e. The molecular weight excluding hydrogens is 244 g/mol. The minimum atomic E-state index is -0.498. The first-order valence-electron chi connectivity index (χ1n) is 5.41. The second-order valence-corrected chi connectivity index (χ2v) is 4.16. The summed E-state index contributed by atoms with van der Waals surface area (Å²) in [4.78, 5) is 19.4. The molecule has 0 aliphatic carbocycles. The average Bonchev–Trinajstić information content (AvgIpc) is 2.38. The molecular formula is C11H13ClN2O3. The van der Waals surface area contributed by atoms with Gasteiger partial charge in [0.1, 0.15) is 0 Å². The van der Waals surface area contributed by atoms with Crippen molar-refractivity contribution < 1.29 is 14.3 Å². The molecule has 0 bridgehead atoms. The molecule has 1 aromatic rings. The highest BCUT2D eigenvalue weighted by Gasteiger charge is 2.20. The molecule has 1 aliphatic heterocycles. The number of carbonyl (C=O) groups excluding carboxylic acids is 1. The quantitative estimate of drug-likeness (QED) is 0.597. The molecule has 1 aliphatic rings. The Hall–Kier alpha value is -1.20. The van der Waals surface area contributed by atoms with Gasteiger partial charge in [0, 0.05) is 24.8 Å². The minimum absolute atomic E-state index is 0.0781. The molecule has 2 rings (SSSR count). The van der Waals surface area contributed by atoms with Gasteiger partial charge in [0.15, 0.2) is 5.69 Å². The number of halogens is 1. The third kappa shape index (κ3) is 2.92. The minimum Gasteiger partial charge on any atom is -0.464 e. The van der Waals surface area contributed by atoms with Crippen molar-refractivity contribution in [1.29, 1.82) is 0 Å². The third-order valence-corrected chi connectivity index (χ3v) is 2.92. The lowest BCUT2D eigenvalue weighted by Gasteiger charge is -2.21. The van der Waals surface area contributed by atoms with Gasteiger partial charge >= 0.3 is 5.97 Å². The van der Waals surface area contributed by atoms with E-state index in [-0.39, 0.29) is 16.9 Å². The van der Waals surface area contributed by atoms with Crippen LogP contribution in [0.3, 0.4) is 0 Å². The number of hydrogen-bond acceptors (Lipinski definition) is 5. The van der Waals surface area contributed by atoms with Crippen LogP contribution in [0.4, 0.5) is 0 Å². The lowest BCUT2D eigenvalue weighted by Crippen LogP contribution is -2.16. The van der Waals surface area contributed by atoms with Crippen molar-refractivity contribution in [2.75, 3.05) is 20.3 Å². The van der Waals surface area contributed by atoms with E-state index >= 15 is 0 Å². The predicted molar refractivity (Wildman–Crippen MR) is 61.2 cm³/mol. The van der Waals surface area contributed by atoms with Crippen molar-refractivity contribution in [3.8, 4) is 0 Å². The molecule has 0 spiro atoms. The molecule has 17 heavy (non-hydrogen) atoms. The van der Waals surface area contributed by atoms with Crippen LogP contribution in [0.5, 0.6) is 0 Å². The molecule has 6 heteroatoms. The van der Waals surface area contributed by atoms with Gasteiger partial charge in [0.25, 0.3) is 0 Å². The Morgan fingerprint density at radius 1 is 1.47 bits per heavy atom. The summed E-state index contributed by atoms with van der Waals surface area (Å²) in [6, 6.07) is 1.65. The highest BCUT2D eigenvalue weighted by molar-refractivity contribution is 6.28. The first-order valence-corrected chi connectivity index (χ1v) is 5.79. The van der Waals surface area contributed by atoms with E-state index in [0.29, 0.717) is 13.2 Å². The van der Waals surface area contributed by atoms with Crippen LogP contribution in [-0.2, 0) is 9.47 Å². The topological polar surface area (TPSA) is 61.3 Å². The van der Waals surface area contributed by atoms with E-state index in [1.54, 1.807) is 6.07 Å². The number of nitrogens with zero attached hydrogens (tertiary/aromatic N) is 2. The summed E-state index contributed by atoms with van der Waals surface area (Å²) in [5, 5.41) is 0.0781. The summed E-state index contributed by atoms with van der Waals surface area (Å²) in [5.74, 6) is -0.227. The second-order valence-electron chi connectivity index (χ2n) is 3.83. The number of ether oxygens (including phenoxy) is 2. The molecule has 5 nitrogen and oxygen atoms in total. The predicted octanol–water partition coefficient (Wildman–Crippen LogP) is 1.81. The largest absolute Gasteiger partial charge is 0.464 e. The molecule has 0 amide bonds. The molecule has 0 radical (unpaired) electrons. The zero-order chi connectivity index (χ0) is 12.3. The molecule has 2 heterocycles. The Bertz CT molecular complexity index is 419. The fraction of sp³-hybridized carbons (Fsp3) is 0.545. The molecule has 92 valence electrons. The Kier molecular flexibility index (Phi) is 3.91. The molecule has 1 aromatic heterocycles. The van der Waals surface area contributed by atoms with Crippen molar-refractivity contribution in [3.63, 3.8) is 0 Å². The van der Waals surface area contributed by atoms with Crippen LogP contribution < -0.4 is 0 Å². The molecule has 0 saturated carbocycles. The maximum atomic E-state index is 11.4. The lowest BCUT2D eigenvalue weighted by atomic mass is 9.96. The SMILES string of the molecule is COC(=O)c1cc(C2CCOCC2)nc(Cl)n1. The number of methoxy groups -OCH3 is 1. The van der Waals surface area contributed by atoms with Gasteiger partial charge in [-0.1, -0.05) is 0 Å². The maximum Gasteiger partial charge on any atom is 0.356 e. The highest BCUT2D eigenvalue weighted by atomic mass is 35.5. The summed E-state index contributed by atoms with van der Waals surface area (Å²) in [7, 11) is 1.31. The molecule has 0 N–H and O–H groups in total. The first kappa shape index (κ1) is 12.3. The van der Waals surface area contributed by atoms with Crippen LogP contribution in [0.1, 0.15) is 34.9 Å². The summed E-state index contributed by atoms with van der Waals surface area (Å²) in [6.07, 6.45) is 1.77. The highest BCUT2D eigenvalue weighted by Crippen LogP contribution is 2.26. The van der Waals surface area contributed by atoms with E-state index < -0.39 is 5.97 Å². The average molecular weight is 257 g/mol. The van der Waals surface area contributed by atoms with Crippen molar-refractivity contribution in [2.24, 2.45) is 0 Å². The standard InChI is InChI=1S/C11H13ClN2O3/c1-16-10(15)9-6-8(13-11(12)14-9)7-2-4-17-5-3-7/h6-7H,2-5H2,1H3. The van der Waals surface area contributed by atoms with Crippen LogP contribution in [0.2, 0.25) is 5.28 Å². The zero-order valence-corrected chi connectivity index (χ0v) is 10.2. The van der Waals surface area contributed by atoms with Crippen molar-refractivity contribution in [1.82, 2.24) is 9.97 Å². The Morgan fingerprint density at radius 3 is 2.82 bits per heavy atom. The van der Waals surface area contributed by atoms with Gasteiger partial charge in [0.05, 0.1) is 7.11 Å². The van der Waals surface area contributed by atoms with Gasteiger partial charge in [-0.3, -0.25) is 0 Å². The third-order valence-electron chi connectivity index (χ3n) is 2.75. The zero-order valence-electron chi connectivity index (χ0n) is 9.48. The van der Waals surface area contributed by atoms with Crippen LogP contribution in [0, 0.1) is 0 Å². The van der Waals surface area contributed by atoms with Crippen LogP contribution >= 0.6 is 11.6 Å². The van der Waals surface area contributed by atoms with Gasteiger partial charge in [-0.05, 0) is 30.5 Å². The number of esters is 1. The molecule has 0 atom stereocenters. The Morgan fingerprint density at radius 2 is 2.18 bits per heavy atom. The van der Waals surface area contributed by atoms with Crippen LogP contribution in [0.25, 0.3) is 0 Å². The van der Waals surface area contributed by atoms with Crippen LogP contribution in [0.15, 0.2) is 6.07 Å². The van der Waals surface area contributed by atoms with E-state index in [0.717, 1.165) is 18.5 Å². The summed E-state index contributed by atoms with van der Waals surface area (Å²) >= 11 is 5.81. The second kappa shape index (κ2) is 5.42.